The minimum atomic E-state index is -4.37. The highest BCUT2D eigenvalue weighted by atomic mass is 19.4. The van der Waals surface area contributed by atoms with Gasteiger partial charge < -0.3 is 10.2 Å². The number of aryl methyl sites for hydroxylation is 1. The Bertz CT molecular complexity index is 488. The van der Waals surface area contributed by atoms with Gasteiger partial charge in [-0.15, -0.1) is 0 Å². The van der Waals surface area contributed by atoms with Crippen LogP contribution in [-0.4, -0.2) is 31.2 Å². The molecule has 1 aliphatic rings. The van der Waals surface area contributed by atoms with E-state index in [2.05, 4.69) is 0 Å². The molecule has 1 aromatic rings. The molecule has 110 valence electrons. The van der Waals surface area contributed by atoms with Crippen LogP contribution in [0.5, 0.6) is 0 Å². The normalized spacial score (nSPS) is 18.6. The van der Waals surface area contributed by atoms with E-state index in [4.69, 9.17) is 0 Å². The second-order valence-corrected chi connectivity index (χ2v) is 5.04. The van der Waals surface area contributed by atoms with Gasteiger partial charge in [0.2, 0.25) is 5.91 Å². The van der Waals surface area contributed by atoms with Crippen LogP contribution >= 0.6 is 0 Å². The molecule has 1 unspecified atom stereocenters. The molecular weight excluding hydrogens is 269 g/mol. The van der Waals surface area contributed by atoms with Crippen molar-refractivity contribution < 1.29 is 18.0 Å². The van der Waals surface area contributed by atoms with Gasteiger partial charge in [0.25, 0.3) is 0 Å². The van der Waals surface area contributed by atoms with Crippen LogP contribution in [0.4, 0.5) is 18.9 Å². The number of nitrogens with zero attached hydrogens (tertiary/aromatic N) is 1. The Morgan fingerprint density at radius 3 is 2.80 bits per heavy atom. The second-order valence-electron chi connectivity index (χ2n) is 5.04. The predicted molar refractivity (Wildman–Crippen MR) is 70.6 cm³/mol. The molecule has 0 saturated carbocycles. The number of hydrogen-bond acceptors (Lipinski definition) is 2. The Morgan fingerprint density at radius 1 is 1.40 bits per heavy atom. The van der Waals surface area contributed by atoms with Gasteiger partial charge in [0.1, 0.15) is 6.54 Å². The van der Waals surface area contributed by atoms with E-state index >= 15 is 0 Å². The molecule has 3 nitrogen and oxygen atoms in total. The van der Waals surface area contributed by atoms with E-state index in [1.165, 1.54) is 0 Å². The van der Waals surface area contributed by atoms with Crippen LogP contribution < -0.4 is 10.2 Å². The summed E-state index contributed by atoms with van der Waals surface area (Å²) >= 11 is 0. The number of carbonyl (C=O) groups excluding carboxylic acids is 1. The van der Waals surface area contributed by atoms with Crippen LogP contribution in [0.25, 0.3) is 0 Å². The Labute approximate surface area is 115 Å². The highest BCUT2D eigenvalue weighted by Crippen LogP contribution is 2.29. The Hall–Kier alpha value is -1.72. The smallest absolute Gasteiger partial charge is 0.359 e. The number of benzene rings is 1. The summed E-state index contributed by atoms with van der Waals surface area (Å²) in [6, 6.07) is 7.83. The minimum absolute atomic E-state index is 0.0474. The topological polar surface area (TPSA) is 32.3 Å². The molecule has 0 saturated heterocycles. The fraction of sp³-hybridized carbons (Fsp3) is 0.500. The van der Waals surface area contributed by atoms with Crippen molar-refractivity contribution >= 4 is 11.6 Å². The summed E-state index contributed by atoms with van der Waals surface area (Å²) in [4.78, 5) is 13.5. The van der Waals surface area contributed by atoms with Crippen molar-refractivity contribution in [1.82, 2.24) is 5.32 Å². The van der Waals surface area contributed by atoms with Crippen LogP contribution in [-0.2, 0) is 11.2 Å². The van der Waals surface area contributed by atoms with Crippen molar-refractivity contribution in [2.75, 3.05) is 18.0 Å². The van der Waals surface area contributed by atoms with Crippen molar-refractivity contribution in [3.05, 3.63) is 29.8 Å². The lowest BCUT2D eigenvalue weighted by molar-refractivity contribution is -0.137. The van der Waals surface area contributed by atoms with Crippen molar-refractivity contribution in [1.29, 1.82) is 0 Å². The monoisotopic (exact) mass is 286 g/mol. The number of anilines is 1. The maximum Gasteiger partial charge on any atom is 0.405 e. The lowest BCUT2D eigenvalue weighted by Crippen LogP contribution is -2.46. The Balaban J connectivity index is 2.03. The second kappa shape index (κ2) is 5.73. The number of halogens is 3. The molecular formula is C14H17F3N2O. The Morgan fingerprint density at radius 2 is 2.10 bits per heavy atom. The highest BCUT2D eigenvalue weighted by Gasteiger charge is 2.29. The molecule has 1 N–H and O–H groups in total. The van der Waals surface area contributed by atoms with Crippen molar-refractivity contribution in [2.45, 2.75) is 32.0 Å². The summed E-state index contributed by atoms with van der Waals surface area (Å²) in [5.74, 6) is -0.606. The SMILES string of the molecule is CC1CCc2ccccc2N1CC(=O)NCC(F)(F)F. The molecule has 1 aliphatic heterocycles. The van der Waals surface area contributed by atoms with Gasteiger partial charge in [-0.1, -0.05) is 18.2 Å². The summed E-state index contributed by atoms with van der Waals surface area (Å²) in [6.07, 6.45) is -2.55. The van der Waals surface area contributed by atoms with Gasteiger partial charge >= 0.3 is 6.18 Å². The molecule has 1 aromatic carbocycles. The quantitative estimate of drug-likeness (QED) is 0.926. The molecule has 0 aliphatic carbocycles. The van der Waals surface area contributed by atoms with Crippen molar-refractivity contribution in [3.8, 4) is 0 Å². The van der Waals surface area contributed by atoms with E-state index in [9.17, 15) is 18.0 Å². The molecule has 6 heteroatoms. The number of alkyl halides is 3. The van der Waals surface area contributed by atoms with E-state index in [-0.39, 0.29) is 12.6 Å². The highest BCUT2D eigenvalue weighted by molar-refractivity contribution is 5.82. The van der Waals surface area contributed by atoms with Gasteiger partial charge in [0.15, 0.2) is 0 Å². The van der Waals surface area contributed by atoms with Crippen LogP contribution in [0.2, 0.25) is 0 Å². The van der Waals surface area contributed by atoms with Crippen LogP contribution in [0.15, 0.2) is 24.3 Å². The fourth-order valence-corrected chi connectivity index (χ4v) is 2.41. The largest absolute Gasteiger partial charge is 0.405 e. The van der Waals surface area contributed by atoms with E-state index < -0.39 is 18.6 Å². The molecule has 1 atom stereocenters. The first-order valence-electron chi connectivity index (χ1n) is 6.55. The van der Waals surface area contributed by atoms with Gasteiger partial charge in [-0.3, -0.25) is 4.79 Å². The first-order valence-corrected chi connectivity index (χ1v) is 6.55. The standard InChI is InChI=1S/C14H17F3N2O/c1-10-6-7-11-4-2-3-5-12(11)19(10)8-13(20)18-9-14(15,16)17/h2-5,10H,6-9H2,1H3,(H,18,20). The van der Waals surface area contributed by atoms with Crippen molar-refractivity contribution in [3.63, 3.8) is 0 Å². The molecule has 0 bridgehead atoms. The number of para-hydroxylation sites is 1. The first kappa shape index (κ1) is 14.7. The predicted octanol–water partition coefficient (Wildman–Crippen LogP) is 2.51. The average Bonchev–Trinajstić information content (AvgIpc) is 2.39. The summed E-state index contributed by atoms with van der Waals surface area (Å²) in [5, 5.41) is 1.92. The van der Waals surface area contributed by atoms with Gasteiger partial charge in [-0.2, -0.15) is 13.2 Å². The lowest BCUT2D eigenvalue weighted by Gasteiger charge is -2.36. The zero-order valence-corrected chi connectivity index (χ0v) is 11.2. The first-order chi connectivity index (χ1) is 9.37. The number of rotatable bonds is 3. The zero-order valence-electron chi connectivity index (χ0n) is 11.2. The van der Waals surface area contributed by atoms with Crippen LogP contribution in [0.3, 0.4) is 0 Å². The summed E-state index contributed by atoms with van der Waals surface area (Å²) in [6.45, 7) is 0.650. The lowest BCUT2D eigenvalue weighted by atomic mass is 9.97. The summed E-state index contributed by atoms with van der Waals surface area (Å²) < 4.78 is 36.2. The number of hydrogen-bond donors (Lipinski definition) is 1. The van der Waals surface area contributed by atoms with E-state index in [0.717, 1.165) is 24.1 Å². The minimum Gasteiger partial charge on any atom is -0.359 e. The summed E-state index contributed by atoms with van der Waals surface area (Å²) in [7, 11) is 0. The van der Waals surface area contributed by atoms with E-state index in [1.807, 2.05) is 41.4 Å². The fourth-order valence-electron chi connectivity index (χ4n) is 2.41. The maximum atomic E-state index is 12.1. The molecule has 2 rings (SSSR count). The third-order valence-electron chi connectivity index (χ3n) is 3.46. The average molecular weight is 286 g/mol. The molecule has 20 heavy (non-hydrogen) atoms. The molecule has 0 aromatic heterocycles. The molecule has 0 radical (unpaired) electrons. The van der Waals surface area contributed by atoms with E-state index in [0.29, 0.717) is 0 Å². The number of fused-ring (bicyclic) bond motifs is 1. The zero-order chi connectivity index (χ0) is 14.8. The molecule has 1 heterocycles. The molecule has 0 spiro atoms. The third-order valence-corrected chi connectivity index (χ3v) is 3.46. The van der Waals surface area contributed by atoms with E-state index in [1.54, 1.807) is 0 Å². The number of carbonyl (C=O) groups is 1. The maximum absolute atomic E-state index is 12.1. The Kier molecular flexibility index (Phi) is 4.20. The summed E-state index contributed by atoms with van der Waals surface area (Å²) in [5.41, 5.74) is 2.07. The third kappa shape index (κ3) is 3.65. The van der Waals surface area contributed by atoms with Gasteiger partial charge in [0, 0.05) is 11.7 Å². The van der Waals surface area contributed by atoms with Crippen LogP contribution in [0.1, 0.15) is 18.9 Å². The van der Waals surface area contributed by atoms with Crippen LogP contribution in [0, 0.1) is 0 Å². The number of nitrogens with one attached hydrogen (secondary N) is 1. The molecule has 1 amide bonds. The van der Waals surface area contributed by atoms with Gasteiger partial charge in [-0.05, 0) is 31.4 Å². The van der Waals surface area contributed by atoms with Gasteiger partial charge in [-0.25, -0.2) is 0 Å². The van der Waals surface area contributed by atoms with Gasteiger partial charge in [0.05, 0.1) is 6.54 Å². The van der Waals surface area contributed by atoms with Crippen molar-refractivity contribution in [2.24, 2.45) is 0 Å². The molecule has 0 fully saturated rings. The number of amides is 1.